The van der Waals surface area contributed by atoms with E-state index in [0.717, 1.165) is 98.9 Å². The van der Waals surface area contributed by atoms with Crippen LogP contribution in [0.2, 0.25) is 0 Å². The van der Waals surface area contributed by atoms with Crippen LogP contribution in [0.4, 0.5) is 16.3 Å². The number of H-pyrrole nitrogens is 2. The Hall–Kier alpha value is -0.516. The van der Waals surface area contributed by atoms with Crippen LogP contribution in [0.1, 0.15) is 52.7 Å². The molecule has 0 bridgehead atoms. The van der Waals surface area contributed by atoms with Gasteiger partial charge in [-0.05, 0) is 114 Å². The molecule has 1 fully saturated rings. The molecule has 0 amide bonds. The Morgan fingerprint density at radius 2 is 1.31 bits per heavy atom. The van der Waals surface area contributed by atoms with Gasteiger partial charge in [0.25, 0.3) is 6.47 Å². The van der Waals surface area contributed by atoms with Gasteiger partial charge in [0.1, 0.15) is 11.3 Å². The fourth-order valence-electron chi connectivity index (χ4n) is 5.87. The van der Waals surface area contributed by atoms with Crippen molar-refractivity contribution >= 4 is 72.3 Å². The normalized spacial score (nSPS) is 11.8. The second-order valence-corrected chi connectivity index (χ2v) is 13.8. The zero-order valence-electron chi connectivity index (χ0n) is 35.2. The molecule has 20 heteroatoms. The second kappa shape index (κ2) is 33.1. The number of hydrogen-bond donors (Lipinski definition) is 5. The molecule has 8 N–H and O–H groups in total. The molecule has 7 rings (SSSR count). The number of nitrogens with two attached hydrogens (primary N) is 3. The number of likely N-dealkylation sites (tertiary alicyclic amines) is 1. The average Bonchev–Trinajstić information content (AvgIpc) is 4.01. The van der Waals surface area contributed by atoms with E-state index in [4.69, 9.17) is 28.6 Å². The number of alkyl halides is 3. The van der Waals surface area contributed by atoms with Gasteiger partial charge in [-0.25, -0.2) is 29.9 Å². The van der Waals surface area contributed by atoms with Gasteiger partial charge in [-0.1, -0.05) is 31.9 Å². The minimum atomic E-state index is -1.00. The summed E-state index contributed by atoms with van der Waals surface area (Å²) in [7, 11) is -1.00. The number of halogens is 3. The standard InChI is InChI=1S/C18H22N6.C14H16N6.C4H8Br2.CH3F.CH2O3.2Cs.H/c19-18-22-13(5-4-10-24-8-1-2-9-24)11-16(23-18)15-12-21-17-14(15)6-3-7-20-17;15-5-1-3-9-7-12(20-14(16)19-9)11-8-18-13-10(11)4-2-6-17-13;5-3-1-2-4-6;1-2;2-1-4-3;;;/h3,6-7,11-12H,1-2,4-5,8-10H2,(H,20,21)(H2,19,22,23);2,4,6-8H,1,3,5,15H2,(H,17,18)(H2,16,19,20);1-4H2;1H3;1,3H;;;/q;;;;;2*+1;-1/p-1/i;;;1D;;;;. The molecule has 58 heavy (non-hydrogen) atoms. The Labute approximate surface area is 476 Å². The maximum atomic E-state index is 9.96. The second-order valence-electron chi connectivity index (χ2n) is 12.2. The van der Waals surface area contributed by atoms with Crippen molar-refractivity contribution in [1.29, 1.82) is 0 Å². The van der Waals surface area contributed by atoms with E-state index in [0.29, 0.717) is 12.5 Å². The third-order valence-corrected chi connectivity index (χ3v) is 9.47. The van der Waals surface area contributed by atoms with Crippen LogP contribution in [0.25, 0.3) is 44.6 Å². The van der Waals surface area contributed by atoms with Crippen molar-refractivity contribution < 1.29 is 160 Å². The molecule has 15 nitrogen and oxygen atoms in total. The Morgan fingerprint density at radius 1 is 0.862 bits per heavy atom. The number of aryl methyl sites for hydroxylation is 2. The van der Waals surface area contributed by atoms with Crippen LogP contribution in [0.5, 0.6) is 0 Å². The monoisotopic (exact) mass is 1170 g/mol. The Morgan fingerprint density at radius 3 is 1.72 bits per heavy atom. The first-order chi connectivity index (χ1) is 27.8. The topological polar surface area (TPSA) is 240 Å². The zero-order chi connectivity index (χ0) is 41.3. The van der Waals surface area contributed by atoms with E-state index in [-0.39, 0.29) is 152 Å². The third-order valence-electron chi connectivity index (χ3n) is 8.35. The van der Waals surface area contributed by atoms with E-state index in [1.54, 1.807) is 12.4 Å². The van der Waals surface area contributed by atoms with Crippen molar-refractivity contribution in [3.63, 3.8) is 0 Å². The molecule has 0 atom stereocenters. The fourth-order valence-corrected chi connectivity index (χ4v) is 6.66. The van der Waals surface area contributed by atoms with Crippen LogP contribution in [0.15, 0.2) is 61.2 Å². The smallest absolute Gasteiger partial charge is 1.00 e. The Balaban J connectivity index is 0.000000874. The number of nitrogens with one attached hydrogen (secondary N) is 2. The molecule has 0 saturated carbocycles. The van der Waals surface area contributed by atoms with Crippen LogP contribution in [0.3, 0.4) is 0 Å². The number of unbranched alkanes of at least 4 members (excludes halogenated alkanes) is 1. The number of hydrogen-bond acceptors (Lipinski definition) is 13. The van der Waals surface area contributed by atoms with Crippen LogP contribution in [-0.2, 0) is 22.5 Å². The van der Waals surface area contributed by atoms with Crippen molar-refractivity contribution in [2.45, 2.75) is 51.4 Å². The Kier molecular flexibility index (Phi) is 30.6. The first-order valence-corrected chi connectivity index (χ1v) is 20.3. The first-order valence-electron chi connectivity index (χ1n) is 18.8. The number of carbonyl (C=O) groups is 1. The fraction of sp³-hybridized carbons (Fsp3) is 0.395. The molecular formula is C38H51Br2Cs2FN12O3. The van der Waals surface area contributed by atoms with Gasteiger partial charge in [0.2, 0.25) is 11.9 Å². The van der Waals surface area contributed by atoms with Crippen LogP contribution in [0, 0.1) is 0 Å². The van der Waals surface area contributed by atoms with Crippen molar-refractivity contribution in [2.24, 2.45) is 5.73 Å². The summed E-state index contributed by atoms with van der Waals surface area (Å²) in [6, 6.07) is 11.9. The molecule has 0 unspecified atom stereocenters. The molecule has 6 aromatic rings. The molecule has 7 heterocycles. The number of nitrogens with zero attached hydrogens (tertiary/aromatic N) is 7. The summed E-state index contributed by atoms with van der Waals surface area (Å²) in [6.07, 6.45) is 16.3. The maximum Gasteiger partial charge on any atom is 1.00 e. The predicted molar refractivity (Wildman–Crippen MR) is 227 cm³/mol. The average molecular weight is 1170 g/mol. The predicted octanol–water partition coefficient (Wildman–Crippen LogP) is -0.179. The van der Waals surface area contributed by atoms with Gasteiger partial charge < -0.3 is 43.6 Å². The third kappa shape index (κ3) is 19.3. The van der Waals surface area contributed by atoms with E-state index in [1.807, 2.05) is 42.7 Å². The molecule has 0 radical (unpaired) electrons. The summed E-state index contributed by atoms with van der Waals surface area (Å²) in [5.74, 6) is 0.620. The minimum Gasteiger partial charge on any atom is -1.00 e. The van der Waals surface area contributed by atoms with Gasteiger partial charge in [0.15, 0.2) is 0 Å². The van der Waals surface area contributed by atoms with Crippen molar-refractivity contribution in [3.05, 3.63) is 72.6 Å². The summed E-state index contributed by atoms with van der Waals surface area (Å²) in [4.78, 5) is 46.1. The van der Waals surface area contributed by atoms with Crippen molar-refractivity contribution in [1.82, 2.24) is 44.8 Å². The van der Waals surface area contributed by atoms with Crippen molar-refractivity contribution in [2.75, 3.05) is 55.5 Å². The van der Waals surface area contributed by atoms with E-state index in [1.165, 1.54) is 38.8 Å². The van der Waals surface area contributed by atoms with Gasteiger partial charge in [-0.2, -0.15) is 0 Å². The summed E-state index contributed by atoms with van der Waals surface area (Å²) in [5.41, 5.74) is 24.6. The van der Waals surface area contributed by atoms with Crippen molar-refractivity contribution in [3.8, 4) is 22.5 Å². The molecule has 304 valence electrons. The van der Waals surface area contributed by atoms with Gasteiger partial charge in [-0.15, -0.1) is 0 Å². The van der Waals surface area contributed by atoms with Crippen LogP contribution >= 0.6 is 31.9 Å². The van der Waals surface area contributed by atoms with Crippen LogP contribution < -0.4 is 160 Å². The van der Waals surface area contributed by atoms with Crippen LogP contribution in [-0.4, -0.2) is 95.2 Å². The molecular weight excluding hydrogens is 1120 g/mol. The quantitative estimate of drug-likeness (QED) is 0.0332. The molecule has 0 spiro atoms. The van der Waals surface area contributed by atoms with E-state index >= 15 is 0 Å². The number of pyridine rings is 2. The van der Waals surface area contributed by atoms with E-state index < -0.39 is 7.15 Å². The largest absolute Gasteiger partial charge is 1.00 e. The molecule has 0 aromatic carbocycles. The number of rotatable bonds is 13. The zero-order valence-corrected chi connectivity index (χ0v) is 48.9. The number of aromatic amines is 2. The first kappa shape index (κ1) is 53.6. The summed E-state index contributed by atoms with van der Waals surface area (Å²) in [5, 5.41) is 12.8. The van der Waals surface area contributed by atoms with E-state index in [2.05, 4.69) is 87.6 Å². The number of aromatic nitrogens is 8. The van der Waals surface area contributed by atoms with Gasteiger partial charge in [0, 0.05) is 68.7 Å². The molecule has 1 aliphatic rings. The number of nitrogen functional groups attached to an aromatic ring is 2. The maximum absolute atomic E-state index is 9.96. The molecule has 0 aliphatic carbocycles. The SMILES string of the molecule is BrCCCCBr.NCCCc1cc(-c2c[nH]c3ncccc23)nc(N)n1.Nc1nc(CCCN2CCCC2)cc(-c2c[nH]c3ncccc23)n1.O=CO[O-].[2H]CF.[Cs+].[Cs+].[H-]. The van der Waals surface area contributed by atoms with E-state index in [9.17, 15) is 4.39 Å². The number of fused-ring (bicyclic) bond motifs is 2. The molecule has 1 aliphatic heterocycles. The number of anilines is 2. The summed E-state index contributed by atoms with van der Waals surface area (Å²) >= 11 is 6.66. The van der Waals surface area contributed by atoms with Gasteiger partial charge in [-0.3, -0.25) is 9.18 Å². The number of carbonyl (C=O) groups excluding carboxylic acids is 1. The van der Waals surface area contributed by atoms with Gasteiger partial charge in [0.05, 0.1) is 19.9 Å². The van der Waals surface area contributed by atoms with Gasteiger partial charge >= 0.3 is 138 Å². The molecule has 6 aromatic heterocycles. The summed E-state index contributed by atoms with van der Waals surface area (Å²) in [6.45, 7) is 4.06. The molecule has 1 saturated heterocycles. The minimum absolute atomic E-state index is 0. The Bertz CT molecular complexity index is 2050. The summed E-state index contributed by atoms with van der Waals surface area (Å²) < 4.78 is 15.5.